The highest BCUT2D eigenvalue weighted by molar-refractivity contribution is 9.10. The van der Waals surface area contributed by atoms with Crippen LogP contribution in [-0.4, -0.2) is 4.57 Å². The van der Waals surface area contributed by atoms with Gasteiger partial charge in [-0.15, -0.1) is 0 Å². The molecule has 0 radical (unpaired) electrons. The number of hydrogen-bond acceptors (Lipinski definition) is 2. The molecule has 48 heavy (non-hydrogen) atoms. The average Bonchev–Trinajstić information content (AvgIpc) is 3.68. The first-order chi connectivity index (χ1) is 23.7. The molecule has 0 amide bonds. The van der Waals surface area contributed by atoms with Gasteiger partial charge in [-0.3, -0.25) is 0 Å². The molecule has 0 fully saturated rings. The van der Waals surface area contributed by atoms with E-state index in [0.29, 0.717) is 0 Å². The monoisotopic (exact) mass is 678 g/mol. The van der Waals surface area contributed by atoms with Gasteiger partial charge in [0.25, 0.3) is 0 Å². The first-order valence-electron chi connectivity index (χ1n) is 16.1. The number of furan rings is 1. The number of para-hydroxylation sites is 3. The van der Waals surface area contributed by atoms with Crippen LogP contribution in [0.5, 0.6) is 0 Å². The SMILES string of the molecule is Brc1c(N(c2ccc3ccccc3c2)c2ccc3ccccc3c2)cc2oc3ccccc3c2c1-n1c2ccccc2c2ccccc21. The number of nitrogens with zero attached hydrogens (tertiary/aromatic N) is 2. The molecule has 226 valence electrons. The minimum absolute atomic E-state index is 0.831. The summed E-state index contributed by atoms with van der Waals surface area (Å²) in [4.78, 5) is 2.35. The molecule has 0 N–H and O–H groups in total. The van der Waals surface area contributed by atoms with Gasteiger partial charge < -0.3 is 13.9 Å². The van der Waals surface area contributed by atoms with Crippen molar-refractivity contribution in [3.8, 4) is 5.69 Å². The van der Waals surface area contributed by atoms with Gasteiger partial charge in [0.2, 0.25) is 0 Å². The molecule has 10 rings (SSSR count). The Morgan fingerprint density at radius 2 is 0.958 bits per heavy atom. The average molecular weight is 680 g/mol. The van der Waals surface area contributed by atoms with Crippen molar-refractivity contribution < 1.29 is 4.42 Å². The summed E-state index contributed by atoms with van der Waals surface area (Å²) in [5.41, 5.74) is 8.15. The van der Waals surface area contributed by atoms with Gasteiger partial charge in [-0.25, -0.2) is 0 Å². The van der Waals surface area contributed by atoms with Gasteiger partial charge in [-0.2, -0.15) is 0 Å². The van der Waals surface area contributed by atoms with Crippen LogP contribution in [0.15, 0.2) is 173 Å². The van der Waals surface area contributed by atoms with Crippen molar-refractivity contribution in [2.24, 2.45) is 0 Å². The summed E-state index contributed by atoms with van der Waals surface area (Å²) in [7, 11) is 0. The summed E-state index contributed by atoms with van der Waals surface area (Å²) in [5, 5.41) is 9.37. The molecule has 0 saturated carbocycles. The minimum atomic E-state index is 0.831. The number of hydrogen-bond donors (Lipinski definition) is 0. The standard InChI is InChI=1S/C44H27BrN2O/c45-43-39(46(32-23-21-28-11-1-3-13-30(28)25-32)33-24-22-29-12-2-4-14-31(29)26-33)27-41-42(36-17-7-10-20-40(36)48-41)44(43)47-37-18-8-5-15-34(37)35-16-6-9-19-38(35)47/h1-27H. The van der Waals surface area contributed by atoms with Crippen molar-refractivity contribution in [1.29, 1.82) is 0 Å². The maximum atomic E-state index is 6.71. The highest BCUT2D eigenvalue weighted by Crippen LogP contribution is 2.49. The lowest BCUT2D eigenvalue weighted by molar-refractivity contribution is 0.669. The predicted octanol–water partition coefficient (Wildman–Crippen LogP) is 13.2. The van der Waals surface area contributed by atoms with Gasteiger partial charge in [-0.05, 0) is 79.9 Å². The van der Waals surface area contributed by atoms with Crippen LogP contribution in [-0.2, 0) is 0 Å². The topological polar surface area (TPSA) is 21.3 Å². The normalized spacial score (nSPS) is 11.9. The summed E-state index contributed by atoms with van der Waals surface area (Å²) < 4.78 is 10.1. The van der Waals surface area contributed by atoms with Crippen molar-refractivity contribution in [3.05, 3.63) is 168 Å². The first kappa shape index (κ1) is 27.3. The van der Waals surface area contributed by atoms with Gasteiger partial charge in [0.05, 0.1) is 32.3 Å². The van der Waals surface area contributed by atoms with Crippen LogP contribution in [0.3, 0.4) is 0 Å². The zero-order valence-electron chi connectivity index (χ0n) is 25.8. The van der Waals surface area contributed by atoms with Gasteiger partial charge >= 0.3 is 0 Å². The van der Waals surface area contributed by atoms with Gasteiger partial charge in [0.1, 0.15) is 11.2 Å². The third-order valence-electron chi connectivity index (χ3n) is 9.59. The second-order valence-corrected chi connectivity index (χ2v) is 13.1. The number of anilines is 3. The quantitative estimate of drug-likeness (QED) is 0.185. The lowest BCUT2D eigenvalue weighted by Crippen LogP contribution is -2.12. The molecule has 8 aromatic carbocycles. The molecule has 3 nitrogen and oxygen atoms in total. The molecule has 0 spiro atoms. The smallest absolute Gasteiger partial charge is 0.139 e. The summed E-state index contributed by atoms with van der Waals surface area (Å²) in [5.74, 6) is 0. The Kier molecular flexibility index (Phi) is 6.02. The van der Waals surface area contributed by atoms with E-state index in [9.17, 15) is 0 Å². The Balaban J connectivity index is 1.36. The maximum absolute atomic E-state index is 6.71. The van der Waals surface area contributed by atoms with Gasteiger partial charge in [-0.1, -0.05) is 115 Å². The molecule has 0 aliphatic carbocycles. The van der Waals surface area contributed by atoms with Gasteiger partial charge in [0.15, 0.2) is 0 Å². The molecule has 0 atom stereocenters. The van der Waals surface area contributed by atoms with Crippen LogP contribution in [0.4, 0.5) is 17.1 Å². The van der Waals surface area contributed by atoms with Crippen LogP contribution in [0, 0.1) is 0 Å². The van der Waals surface area contributed by atoms with E-state index in [1.807, 2.05) is 6.07 Å². The lowest BCUT2D eigenvalue weighted by Gasteiger charge is -2.28. The Labute approximate surface area is 285 Å². The van der Waals surface area contributed by atoms with E-state index in [1.54, 1.807) is 0 Å². The van der Waals surface area contributed by atoms with E-state index in [2.05, 4.69) is 183 Å². The molecule has 4 heteroatoms. The molecule has 0 saturated heterocycles. The lowest BCUT2D eigenvalue weighted by atomic mass is 10.0. The fraction of sp³-hybridized carbons (Fsp3) is 0. The van der Waals surface area contributed by atoms with E-state index in [-0.39, 0.29) is 0 Å². The first-order valence-corrected chi connectivity index (χ1v) is 16.9. The Morgan fingerprint density at radius 3 is 1.56 bits per heavy atom. The molecular formula is C44H27BrN2O. The second-order valence-electron chi connectivity index (χ2n) is 12.3. The molecule has 0 bridgehead atoms. The minimum Gasteiger partial charge on any atom is -0.456 e. The highest BCUT2D eigenvalue weighted by Gasteiger charge is 2.26. The highest BCUT2D eigenvalue weighted by atomic mass is 79.9. The van der Waals surface area contributed by atoms with Crippen LogP contribution >= 0.6 is 15.9 Å². The molecule has 0 aliphatic rings. The summed E-state index contributed by atoms with van der Waals surface area (Å²) in [6.07, 6.45) is 0. The number of rotatable bonds is 4. The number of halogens is 1. The zero-order valence-corrected chi connectivity index (χ0v) is 27.4. The zero-order chi connectivity index (χ0) is 31.8. The predicted molar refractivity (Wildman–Crippen MR) is 205 cm³/mol. The van der Waals surface area contributed by atoms with Crippen molar-refractivity contribution in [3.63, 3.8) is 0 Å². The number of benzene rings is 8. The fourth-order valence-electron chi connectivity index (χ4n) is 7.42. The van der Waals surface area contributed by atoms with Crippen LogP contribution < -0.4 is 4.90 Å². The Hall–Kier alpha value is -5.84. The van der Waals surface area contributed by atoms with E-state index in [0.717, 1.165) is 60.2 Å². The molecule has 10 aromatic rings. The molecule has 2 aromatic heterocycles. The van der Waals surface area contributed by atoms with E-state index >= 15 is 0 Å². The molecular weight excluding hydrogens is 652 g/mol. The van der Waals surface area contributed by atoms with E-state index < -0.39 is 0 Å². The largest absolute Gasteiger partial charge is 0.456 e. The van der Waals surface area contributed by atoms with E-state index in [4.69, 9.17) is 4.42 Å². The van der Waals surface area contributed by atoms with Crippen molar-refractivity contribution in [2.45, 2.75) is 0 Å². The van der Waals surface area contributed by atoms with Crippen molar-refractivity contribution >= 4 is 98.3 Å². The van der Waals surface area contributed by atoms with Crippen molar-refractivity contribution in [1.82, 2.24) is 4.57 Å². The Morgan fingerprint density at radius 1 is 0.458 bits per heavy atom. The summed E-state index contributed by atoms with van der Waals surface area (Å²) in [6, 6.07) is 58.4. The van der Waals surface area contributed by atoms with Gasteiger partial charge in [0, 0.05) is 33.6 Å². The molecule has 2 heterocycles. The van der Waals surface area contributed by atoms with E-state index in [1.165, 1.54) is 32.3 Å². The van der Waals surface area contributed by atoms with Crippen molar-refractivity contribution in [2.75, 3.05) is 4.90 Å². The fourth-order valence-corrected chi connectivity index (χ4v) is 8.09. The summed E-state index contributed by atoms with van der Waals surface area (Å²) in [6.45, 7) is 0. The third-order valence-corrected chi connectivity index (χ3v) is 10.4. The number of aromatic nitrogens is 1. The van der Waals surface area contributed by atoms with Crippen LogP contribution in [0.2, 0.25) is 0 Å². The van der Waals surface area contributed by atoms with Crippen LogP contribution in [0.25, 0.3) is 71.0 Å². The third kappa shape index (κ3) is 4.06. The molecule has 0 aliphatic heterocycles. The Bertz CT molecular complexity index is 2750. The number of fused-ring (bicyclic) bond motifs is 8. The molecule has 0 unspecified atom stereocenters. The summed E-state index contributed by atoms with van der Waals surface area (Å²) >= 11 is 4.26. The second kappa shape index (κ2) is 10.6. The van der Waals surface area contributed by atoms with Crippen LogP contribution in [0.1, 0.15) is 0 Å². The maximum Gasteiger partial charge on any atom is 0.139 e.